The van der Waals surface area contributed by atoms with Crippen molar-refractivity contribution in [2.75, 3.05) is 26.9 Å². The average molecular weight is 899 g/mol. The largest absolute Gasteiger partial charge is 0.497 e. The number of nitrogens with one attached hydrogen (secondary N) is 1. The number of aromatic amines is 1. The van der Waals surface area contributed by atoms with Crippen LogP contribution in [0, 0.1) is 0 Å². The Hall–Kier alpha value is -6.01. The molecule has 332 valence electrons. The van der Waals surface area contributed by atoms with E-state index in [1.807, 2.05) is 42.5 Å². The Labute approximate surface area is 368 Å². The summed E-state index contributed by atoms with van der Waals surface area (Å²) in [4.78, 5) is 65.2. The second-order valence-electron chi connectivity index (χ2n) is 14.3. The number of methoxy groups -OCH3 is 1. The van der Waals surface area contributed by atoms with Crippen molar-refractivity contribution in [2.24, 2.45) is 11.6 Å². The molecule has 5 N–H and O–H groups in total. The maximum Gasteiger partial charge on any atom is 0.303 e. The predicted octanol–water partition coefficient (Wildman–Crippen LogP) is 5.10. The molecule has 17 nitrogen and oxygen atoms in total. The van der Waals surface area contributed by atoms with Crippen LogP contribution in [0.15, 0.2) is 78.6 Å². The van der Waals surface area contributed by atoms with E-state index in [0.717, 1.165) is 70.7 Å². The highest BCUT2D eigenvalue weighted by Crippen LogP contribution is 2.39. The molecule has 3 aromatic carbocycles. The number of hydrogen-bond acceptors (Lipinski definition) is 15. The van der Waals surface area contributed by atoms with Crippen molar-refractivity contribution in [3.63, 3.8) is 0 Å². The molecule has 2 aliphatic heterocycles. The highest BCUT2D eigenvalue weighted by atomic mass is 35.5. The van der Waals surface area contributed by atoms with Crippen LogP contribution in [0.25, 0.3) is 10.9 Å². The lowest BCUT2D eigenvalue weighted by Gasteiger charge is -2.46. The van der Waals surface area contributed by atoms with Gasteiger partial charge < -0.3 is 48.8 Å². The second-order valence-corrected chi connectivity index (χ2v) is 15.1. The summed E-state index contributed by atoms with van der Waals surface area (Å²) in [5.41, 5.74) is 10.5. The predicted molar refractivity (Wildman–Crippen MR) is 226 cm³/mol. The number of esters is 4. The number of nitrogens with zero attached hydrogens (tertiary/aromatic N) is 2. The molecule has 19 heteroatoms. The fraction of sp³-hybridized carbons (Fsp3) is 0.372. The molecule has 0 aliphatic carbocycles. The summed E-state index contributed by atoms with van der Waals surface area (Å²) in [5.74, 6) is 4.82. The van der Waals surface area contributed by atoms with Crippen LogP contribution in [-0.2, 0) is 54.1 Å². The van der Waals surface area contributed by atoms with Gasteiger partial charge in [0.05, 0.1) is 19.8 Å². The second kappa shape index (κ2) is 21.7. The minimum Gasteiger partial charge on any atom is -0.497 e. The molecule has 6 unspecified atom stereocenters. The van der Waals surface area contributed by atoms with Crippen molar-refractivity contribution in [2.45, 2.75) is 77.2 Å². The quantitative estimate of drug-likeness (QED) is 0.0492. The van der Waals surface area contributed by atoms with Gasteiger partial charge in [0.25, 0.3) is 0 Å². The number of aromatic nitrogens is 1. The molecule has 0 saturated carbocycles. The van der Waals surface area contributed by atoms with E-state index in [9.17, 15) is 24.0 Å². The van der Waals surface area contributed by atoms with Gasteiger partial charge in [-0.15, -0.1) is 0 Å². The number of H-pyrrole nitrogens is 1. The number of carbonyl (C=O) groups excluding carboxylic acids is 5. The lowest BCUT2D eigenvalue weighted by Crippen LogP contribution is -2.66. The van der Waals surface area contributed by atoms with Gasteiger partial charge in [0.15, 0.2) is 24.5 Å². The molecule has 6 rings (SSSR count). The van der Waals surface area contributed by atoms with E-state index < -0.39 is 61.1 Å². The van der Waals surface area contributed by atoms with Crippen LogP contribution in [0.4, 0.5) is 0 Å². The first-order chi connectivity index (χ1) is 29.6. The smallest absolute Gasteiger partial charge is 0.303 e. The van der Waals surface area contributed by atoms with Crippen LogP contribution in [0.5, 0.6) is 11.5 Å². The van der Waals surface area contributed by atoms with E-state index in [1.54, 1.807) is 36.3 Å². The number of fused-ring (bicyclic) bond motifs is 3. The molecule has 1 saturated heterocycles. The Bertz CT molecular complexity index is 2240. The molecule has 3 heterocycles. The third-order valence-corrected chi connectivity index (χ3v) is 10.2. The van der Waals surface area contributed by atoms with Crippen molar-refractivity contribution in [1.29, 1.82) is 0 Å². The molecule has 62 heavy (non-hydrogen) atoms. The van der Waals surface area contributed by atoms with Crippen molar-refractivity contribution in [3.8, 4) is 11.5 Å². The number of rotatable bonds is 14. The Morgan fingerprint density at radius 2 is 1.47 bits per heavy atom. The molecular formula is C43H49Cl2N5O12. The number of hydrazine groups is 1. The first-order valence-electron chi connectivity index (χ1n) is 19.4. The van der Waals surface area contributed by atoms with Gasteiger partial charge in [-0.25, -0.2) is 5.84 Å². The van der Waals surface area contributed by atoms with Crippen LogP contribution in [0.2, 0.25) is 10.0 Å². The molecule has 0 bridgehead atoms. The van der Waals surface area contributed by atoms with Crippen LogP contribution < -0.4 is 21.1 Å². The average Bonchev–Trinajstić information content (AvgIpc) is 3.59. The molecule has 4 aromatic rings. The first kappa shape index (κ1) is 47.0. The number of nitrogens with two attached hydrogens (primary N) is 2. The zero-order valence-electron chi connectivity index (χ0n) is 34.7. The van der Waals surface area contributed by atoms with Gasteiger partial charge in [0.1, 0.15) is 24.2 Å². The van der Waals surface area contributed by atoms with Crippen molar-refractivity contribution >= 4 is 64.4 Å². The minimum atomic E-state index is -1.39. The molecule has 1 amide bonds. The summed E-state index contributed by atoms with van der Waals surface area (Å²) >= 11 is 11.9. The van der Waals surface area contributed by atoms with E-state index in [4.69, 9.17) is 67.9 Å². The molecule has 2 aliphatic rings. The van der Waals surface area contributed by atoms with Gasteiger partial charge in [0, 0.05) is 79.2 Å². The molecule has 6 atom stereocenters. The number of amides is 1. The normalized spacial score (nSPS) is 20.7. The Balaban J connectivity index is 0.000000715. The summed E-state index contributed by atoms with van der Waals surface area (Å²) < 4.78 is 38.3. The SMILES string of the molecule is CC(=O)OCC1OC(N(N)/C=C(\N)CCOc2ccc(C3c4[nH]c5ccc(Cl)cc5c4CCN3C=O)cc2)C(OC(C)=O)C(OC(C)=O)C1OC(C)=O.COc1ccc(Cl)cc1. The lowest BCUT2D eigenvalue weighted by atomic mass is 9.93. The zero-order valence-corrected chi connectivity index (χ0v) is 36.2. The Morgan fingerprint density at radius 1 is 0.855 bits per heavy atom. The number of carbonyl (C=O) groups is 5. The maximum atomic E-state index is 12.1. The van der Waals surface area contributed by atoms with Gasteiger partial charge in [0.2, 0.25) is 6.41 Å². The van der Waals surface area contributed by atoms with Crippen molar-refractivity contribution in [3.05, 3.63) is 105 Å². The third kappa shape index (κ3) is 12.3. The molecule has 1 aromatic heterocycles. The number of halogens is 2. The third-order valence-electron chi connectivity index (χ3n) is 9.74. The van der Waals surface area contributed by atoms with Crippen LogP contribution in [0.3, 0.4) is 0 Å². The highest BCUT2D eigenvalue weighted by molar-refractivity contribution is 6.31. The van der Waals surface area contributed by atoms with E-state index in [-0.39, 0.29) is 24.8 Å². The molecule has 0 radical (unpaired) electrons. The maximum absolute atomic E-state index is 12.1. The lowest BCUT2D eigenvalue weighted by molar-refractivity contribution is -0.274. The summed E-state index contributed by atoms with van der Waals surface area (Å²) in [6, 6.07) is 20.0. The Morgan fingerprint density at radius 3 is 2.08 bits per heavy atom. The van der Waals surface area contributed by atoms with Crippen molar-refractivity contribution < 1.29 is 57.1 Å². The van der Waals surface area contributed by atoms with Crippen molar-refractivity contribution in [1.82, 2.24) is 14.9 Å². The number of benzene rings is 3. The van der Waals surface area contributed by atoms with E-state index >= 15 is 0 Å². The molecular weight excluding hydrogens is 849 g/mol. The highest BCUT2D eigenvalue weighted by Gasteiger charge is 2.53. The number of ether oxygens (including phenoxy) is 7. The summed E-state index contributed by atoms with van der Waals surface area (Å²) in [5, 5.41) is 3.44. The van der Waals surface area contributed by atoms with Gasteiger partial charge >= 0.3 is 23.9 Å². The minimum absolute atomic E-state index is 0.144. The fourth-order valence-corrected chi connectivity index (χ4v) is 7.43. The van der Waals surface area contributed by atoms with E-state index in [2.05, 4.69) is 4.98 Å². The molecule has 0 spiro atoms. The molecule has 1 fully saturated rings. The standard InChI is InChI=1S/C36H42ClN5O11.C7H7ClO/c1-19(44)49-17-30-33(50-20(2)45)34(51-21(3)46)35(52-22(4)47)36(53-30)42(39)16-25(38)12-14-48-26-8-5-23(6-9-26)32-31-27(11-13-41(32)18-43)28-15-24(37)7-10-29(28)40-31;1-9-7-4-2-6(8)3-5-7/h5-10,15-16,18,30,32-36,40H,11-14,17,38-39H2,1-4H3;2-5H,1H3/b25-16-;. The van der Waals surface area contributed by atoms with Gasteiger partial charge in [-0.05, 0) is 72.1 Å². The summed E-state index contributed by atoms with van der Waals surface area (Å²) in [6.45, 7) is 4.86. The van der Waals surface area contributed by atoms with Gasteiger partial charge in [-0.2, -0.15) is 0 Å². The fourth-order valence-electron chi connectivity index (χ4n) is 7.13. The van der Waals surface area contributed by atoms with Crippen LogP contribution >= 0.6 is 23.2 Å². The zero-order chi connectivity index (χ0) is 45.1. The van der Waals surface area contributed by atoms with Crippen LogP contribution in [0.1, 0.15) is 57.0 Å². The van der Waals surface area contributed by atoms with Crippen LogP contribution in [-0.4, -0.2) is 103 Å². The van der Waals surface area contributed by atoms with Gasteiger partial charge in [-0.3, -0.25) is 29.0 Å². The van der Waals surface area contributed by atoms with Gasteiger partial charge in [-0.1, -0.05) is 35.3 Å². The van der Waals surface area contributed by atoms with E-state index in [1.165, 1.54) is 13.1 Å². The Kier molecular flexibility index (Phi) is 16.4. The summed E-state index contributed by atoms with van der Waals surface area (Å²) in [7, 11) is 1.63. The summed E-state index contributed by atoms with van der Waals surface area (Å²) in [6.07, 6.45) is -3.53. The topological polar surface area (TPSA) is 224 Å². The first-order valence-corrected chi connectivity index (χ1v) is 20.2. The monoisotopic (exact) mass is 897 g/mol. The number of hydrogen-bond donors (Lipinski definition) is 3. The van der Waals surface area contributed by atoms with E-state index in [0.29, 0.717) is 23.7 Å².